The minimum Gasteiger partial charge on any atom is -0.303 e. The van der Waals surface area contributed by atoms with Crippen molar-refractivity contribution in [1.29, 1.82) is 0 Å². The van der Waals surface area contributed by atoms with Crippen LogP contribution in [-0.2, 0) is 0 Å². The Kier molecular flexibility index (Phi) is 3.92. The van der Waals surface area contributed by atoms with Crippen LogP contribution >= 0.6 is 0 Å². The maximum Gasteiger partial charge on any atom is -0.00163 e. The number of nitrogens with zero attached hydrogens (tertiary/aromatic N) is 1. The molecule has 1 saturated heterocycles. The third-order valence-corrected chi connectivity index (χ3v) is 2.47. The van der Waals surface area contributed by atoms with Crippen molar-refractivity contribution in [3.8, 4) is 0 Å². The summed E-state index contributed by atoms with van der Waals surface area (Å²) < 4.78 is 0. The van der Waals surface area contributed by atoms with Gasteiger partial charge in [0.25, 0.3) is 0 Å². The molecular weight excluding hydrogens is 134 g/mol. The Labute approximate surface area is 70.8 Å². The summed E-state index contributed by atoms with van der Waals surface area (Å²) in [6, 6.07) is 0. The molecule has 0 aromatic carbocycles. The molecule has 0 bridgehead atoms. The summed E-state index contributed by atoms with van der Waals surface area (Å²) in [6.45, 7) is 8.66. The molecule has 0 unspecified atom stereocenters. The molecule has 1 heteroatoms. The van der Waals surface area contributed by atoms with Crippen LogP contribution < -0.4 is 0 Å². The average Bonchev–Trinajstić information content (AvgIpc) is 2.03. The zero-order valence-electron chi connectivity index (χ0n) is 7.97. The standard InChI is InChI=1S/C10H21N/c1-10(2)6-9-11-7-4-3-5-8-11/h10H,3-9H2,1-2H3. The second kappa shape index (κ2) is 4.76. The number of hydrogen-bond acceptors (Lipinski definition) is 1. The third kappa shape index (κ3) is 3.76. The molecule has 0 amide bonds. The molecule has 1 rings (SSSR count). The van der Waals surface area contributed by atoms with Crippen molar-refractivity contribution in [2.45, 2.75) is 39.5 Å². The topological polar surface area (TPSA) is 3.24 Å². The number of rotatable bonds is 3. The molecule has 11 heavy (non-hydrogen) atoms. The summed E-state index contributed by atoms with van der Waals surface area (Å²) in [5, 5.41) is 0. The van der Waals surface area contributed by atoms with Crippen LogP contribution in [0.3, 0.4) is 0 Å². The van der Waals surface area contributed by atoms with Crippen LogP contribution in [0.25, 0.3) is 0 Å². The summed E-state index contributed by atoms with van der Waals surface area (Å²) in [4.78, 5) is 2.61. The van der Waals surface area contributed by atoms with E-state index in [2.05, 4.69) is 18.7 Å². The van der Waals surface area contributed by atoms with Crippen LogP contribution in [0.2, 0.25) is 0 Å². The third-order valence-electron chi connectivity index (χ3n) is 2.47. The van der Waals surface area contributed by atoms with Gasteiger partial charge in [-0.2, -0.15) is 0 Å². The highest BCUT2D eigenvalue weighted by molar-refractivity contribution is 4.64. The van der Waals surface area contributed by atoms with Crippen molar-refractivity contribution >= 4 is 0 Å². The molecule has 1 fully saturated rings. The molecule has 0 N–H and O–H groups in total. The largest absolute Gasteiger partial charge is 0.303 e. The molecular formula is C10H21N. The van der Waals surface area contributed by atoms with Gasteiger partial charge in [-0.15, -0.1) is 0 Å². The fraction of sp³-hybridized carbons (Fsp3) is 1.00. The first-order valence-corrected chi connectivity index (χ1v) is 5.01. The summed E-state index contributed by atoms with van der Waals surface area (Å²) in [5.41, 5.74) is 0. The Morgan fingerprint density at radius 1 is 1.09 bits per heavy atom. The van der Waals surface area contributed by atoms with E-state index < -0.39 is 0 Å². The number of hydrogen-bond donors (Lipinski definition) is 0. The van der Waals surface area contributed by atoms with E-state index in [0.717, 1.165) is 5.92 Å². The molecule has 1 heterocycles. The van der Waals surface area contributed by atoms with Crippen LogP contribution in [0.15, 0.2) is 0 Å². The predicted molar refractivity (Wildman–Crippen MR) is 49.7 cm³/mol. The Balaban J connectivity index is 2.05. The van der Waals surface area contributed by atoms with E-state index in [4.69, 9.17) is 0 Å². The van der Waals surface area contributed by atoms with Crippen LogP contribution in [-0.4, -0.2) is 24.5 Å². The monoisotopic (exact) mass is 155 g/mol. The zero-order chi connectivity index (χ0) is 8.10. The lowest BCUT2D eigenvalue weighted by molar-refractivity contribution is 0.217. The molecule has 0 aliphatic carbocycles. The highest BCUT2D eigenvalue weighted by Crippen LogP contribution is 2.10. The Hall–Kier alpha value is -0.0400. The zero-order valence-corrected chi connectivity index (χ0v) is 7.97. The van der Waals surface area contributed by atoms with E-state index in [0.29, 0.717) is 0 Å². The van der Waals surface area contributed by atoms with E-state index >= 15 is 0 Å². The van der Waals surface area contributed by atoms with Gasteiger partial charge >= 0.3 is 0 Å². The second-order valence-corrected chi connectivity index (χ2v) is 4.08. The van der Waals surface area contributed by atoms with Crippen LogP contribution in [0, 0.1) is 5.92 Å². The predicted octanol–water partition coefficient (Wildman–Crippen LogP) is 2.52. The van der Waals surface area contributed by atoms with Gasteiger partial charge in [0.15, 0.2) is 0 Å². The molecule has 1 nitrogen and oxygen atoms in total. The molecule has 0 atom stereocenters. The van der Waals surface area contributed by atoms with Crippen LogP contribution in [0.1, 0.15) is 39.5 Å². The lowest BCUT2D eigenvalue weighted by atomic mass is 10.1. The molecule has 1 aliphatic rings. The summed E-state index contributed by atoms with van der Waals surface area (Å²) >= 11 is 0. The van der Waals surface area contributed by atoms with Crippen molar-refractivity contribution in [3.05, 3.63) is 0 Å². The second-order valence-electron chi connectivity index (χ2n) is 4.08. The van der Waals surface area contributed by atoms with Gasteiger partial charge in [0.1, 0.15) is 0 Å². The Morgan fingerprint density at radius 2 is 1.73 bits per heavy atom. The van der Waals surface area contributed by atoms with E-state index in [9.17, 15) is 0 Å². The minimum atomic E-state index is 0.872. The van der Waals surface area contributed by atoms with Crippen molar-refractivity contribution in [3.63, 3.8) is 0 Å². The van der Waals surface area contributed by atoms with E-state index in [-0.39, 0.29) is 0 Å². The Bertz CT molecular complexity index is 93.0. The van der Waals surface area contributed by atoms with E-state index in [1.165, 1.54) is 45.3 Å². The molecule has 0 saturated carbocycles. The molecule has 0 aromatic heterocycles. The normalized spacial score (nSPS) is 21.0. The maximum atomic E-state index is 2.61. The lowest BCUT2D eigenvalue weighted by Crippen LogP contribution is -2.31. The van der Waals surface area contributed by atoms with Gasteiger partial charge in [0, 0.05) is 0 Å². The summed E-state index contributed by atoms with van der Waals surface area (Å²) in [7, 11) is 0. The molecule has 0 spiro atoms. The fourth-order valence-corrected chi connectivity index (χ4v) is 1.62. The van der Waals surface area contributed by atoms with E-state index in [1.807, 2.05) is 0 Å². The van der Waals surface area contributed by atoms with Crippen molar-refractivity contribution in [2.75, 3.05) is 19.6 Å². The first kappa shape index (κ1) is 9.05. The highest BCUT2D eigenvalue weighted by Gasteiger charge is 2.09. The molecule has 0 aromatic rings. The fourth-order valence-electron chi connectivity index (χ4n) is 1.62. The Morgan fingerprint density at radius 3 is 2.27 bits per heavy atom. The first-order valence-electron chi connectivity index (χ1n) is 5.01. The van der Waals surface area contributed by atoms with Crippen LogP contribution in [0.4, 0.5) is 0 Å². The summed E-state index contributed by atoms with van der Waals surface area (Å²) in [6.07, 6.45) is 5.69. The van der Waals surface area contributed by atoms with Gasteiger partial charge in [0.2, 0.25) is 0 Å². The van der Waals surface area contributed by atoms with Crippen molar-refractivity contribution in [1.82, 2.24) is 4.90 Å². The minimum absolute atomic E-state index is 0.872. The number of piperidine rings is 1. The van der Waals surface area contributed by atoms with E-state index in [1.54, 1.807) is 0 Å². The van der Waals surface area contributed by atoms with Gasteiger partial charge < -0.3 is 4.90 Å². The van der Waals surface area contributed by atoms with Gasteiger partial charge in [-0.1, -0.05) is 20.3 Å². The maximum absolute atomic E-state index is 2.61. The molecule has 1 aliphatic heterocycles. The lowest BCUT2D eigenvalue weighted by Gasteiger charge is -2.26. The van der Waals surface area contributed by atoms with Gasteiger partial charge in [-0.25, -0.2) is 0 Å². The molecule has 66 valence electrons. The van der Waals surface area contributed by atoms with Crippen molar-refractivity contribution in [2.24, 2.45) is 5.92 Å². The SMILES string of the molecule is CC(C)CCN1CCCCC1. The van der Waals surface area contributed by atoms with Crippen LogP contribution in [0.5, 0.6) is 0 Å². The van der Waals surface area contributed by atoms with Crippen molar-refractivity contribution < 1.29 is 0 Å². The smallest absolute Gasteiger partial charge is 0.00163 e. The average molecular weight is 155 g/mol. The first-order chi connectivity index (χ1) is 5.29. The molecule has 0 radical (unpaired) electrons. The van der Waals surface area contributed by atoms with Gasteiger partial charge in [-0.05, 0) is 44.8 Å². The van der Waals surface area contributed by atoms with Gasteiger partial charge in [-0.3, -0.25) is 0 Å². The highest BCUT2D eigenvalue weighted by atomic mass is 15.1. The van der Waals surface area contributed by atoms with Gasteiger partial charge in [0.05, 0.1) is 0 Å². The quantitative estimate of drug-likeness (QED) is 0.605. The number of likely N-dealkylation sites (tertiary alicyclic amines) is 1. The summed E-state index contributed by atoms with van der Waals surface area (Å²) in [5.74, 6) is 0.872.